The number of carbonyl (C=O) groups excluding carboxylic acids is 1. The van der Waals surface area contributed by atoms with Crippen LogP contribution in [0.4, 0.5) is 0 Å². The molecule has 0 aromatic carbocycles. The van der Waals surface area contributed by atoms with Gasteiger partial charge >= 0.3 is 5.97 Å². The molecule has 0 bridgehead atoms. The third-order valence-corrected chi connectivity index (χ3v) is 9.37. The zero-order valence-corrected chi connectivity index (χ0v) is 20.4. The molecule has 0 amide bonds. The van der Waals surface area contributed by atoms with Crippen molar-refractivity contribution >= 4 is 20.5 Å². The third-order valence-electron chi connectivity index (χ3n) is 4.83. The summed E-state index contributed by atoms with van der Waals surface area (Å²) in [5.41, 5.74) is -0.380. The molecule has 0 unspecified atom stereocenters. The lowest BCUT2D eigenvalue weighted by Crippen LogP contribution is -2.41. The number of carbonyl (C=O) groups is 1. The number of aliphatic imine (C=N–C) groups is 1. The molecule has 0 aliphatic heterocycles. The summed E-state index contributed by atoms with van der Waals surface area (Å²) in [6.45, 7) is 23.3. The van der Waals surface area contributed by atoms with E-state index in [1.54, 1.807) is 0 Å². The molecule has 0 saturated carbocycles. The second-order valence-electron chi connectivity index (χ2n) is 10.4. The topological polar surface area (TPSA) is 57.1 Å². The van der Waals surface area contributed by atoms with Crippen molar-refractivity contribution < 1.29 is 18.7 Å². The molecule has 0 fully saturated rings. The quantitative estimate of drug-likeness (QED) is 0.205. The molecule has 0 atom stereocenters. The van der Waals surface area contributed by atoms with Gasteiger partial charge in [-0.25, -0.2) is 0 Å². The lowest BCUT2D eigenvalue weighted by atomic mass is 9.86. The molecule has 27 heavy (non-hydrogen) atoms. The lowest BCUT2D eigenvalue weighted by Gasteiger charge is -2.36. The average Bonchev–Trinajstić information content (AvgIpc) is 2.44. The summed E-state index contributed by atoms with van der Waals surface area (Å²) in [4.78, 5) is 15.8. The highest BCUT2D eigenvalue weighted by atomic mass is 28.4. The van der Waals surface area contributed by atoms with Crippen LogP contribution in [0.5, 0.6) is 0 Å². The van der Waals surface area contributed by atoms with Crippen molar-refractivity contribution in [3.63, 3.8) is 0 Å². The predicted molar refractivity (Wildman–Crippen MR) is 116 cm³/mol. The molecule has 0 heterocycles. The van der Waals surface area contributed by atoms with Gasteiger partial charge < -0.3 is 13.9 Å². The Bertz CT molecular complexity index is 474. The van der Waals surface area contributed by atoms with Crippen LogP contribution >= 0.6 is 0 Å². The molecule has 0 saturated heterocycles. The smallest absolute Gasteiger partial charge is 0.328 e. The number of hydrogen-bond acceptors (Lipinski definition) is 5. The van der Waals surface area contributed by atoms with Gasteiger partial charge in [0.05, 0.1) is 13.2 Å². The monoisotopic (exact) mass is 401 g/mol. The van der Waals surface area contributed by atoms with Gasteiger partial charge in [0.1, 0.15) is 12.1 Å². The van der Waals surface area contributed by atoms with Crippen molar-refractivity contribution in [2.24, 2.45) is 10.4 Å². The van der Waals surface area contributed by atoms with Gasteiger partial charge in [-0.3, -0.25) is 9.79 Å². The molecule has 0 aliphatic carbocycles. The second kappa shape index (κ2) is 10.7. The normalized spacial score (nSPS) is 14.0. The van der Waals surface area contributed by atoms with Gasteiger partial charge in [0.15, 0.2) is 8.32 Å². The second-order valence-corrected chi connectivity index (χ2v) is 15.3. The summed E-state index contributed by atoms with van der Waals surface area (Å²) >= 11 is 0. The van der Waals surface area contributed by atoms with E-state index in [-0.39, 0.29) is 23.0 Å². The molecule has 0 aliphatic rings. The van der Waals surface area contributed by atoms with Crippen molar-refractivity contribution in [2.75, 3.05) is 26.4 Å². The van der Waals surface area contributed by atoms with Gasteiger partial charge in [0, 0.05) is 6.61 Å². The van der Waals surface area contributed by atoms with E-state index in [0.29, 0.717) is 19.8 Å². The highest BCUT2D eigenvalue weighted by Crippen LogP contribution is 2.36. The van der Waals surface area contributed by atoms with Crippen molar-refractivity contribution in [1.29, 1.82) is 0 Å². The van der Waals surface area contributed by atoms with Crippen LogP contribution in [0.25, 0.3) is 0 Å². The van der Waals surface area contributed by atoms with Crippen molar-refractivity contribution in [2.45, 2.75) is 92.0 Å². The van der Waals surface area contributed by atoms with Crippen LogP contribution in [0.1, 0.15) is 68.2 Å². The standard InChI is InChI=1S/C21H43NO4Si/c1-19(2,3)26-18(23)17-22-13-11-21(7,8)12-14-24-15-16-25-27(9,10)20(4,5)6/h13H,11-12,14-17H2,1-10H3. The Morgan fingerprint density at radius 2 is 1.56 bits per heavy atom. The van der Waals surface area contributed by atoms with Gasteiger partial charge in [-0.15, -0.1) is 0 Å². The summed E-state index contributed by atoms with van der Waals surface area (Å²) < 4.78 is 17.1. The van der Waals surface area contributed by atoms with Crippen LogP contribution in [0, 0.1) is 5.41 Å². The number of ether oxygens (including phenoxy) is 2. The van der Waals surface area contributed by atoms with Crippen molar-refractivity contribution in [3.8, 4) is 0 Å². The fraction of sp³-hybridized carbons (Fsp3) is 0.905. The minimum atomic E-state index is -1.68. The maximum Gasteiger partial charge on any atom is 0.328 e. The summed E-state index contributed by atoms with van der Waals surface area (Å²) in [7, 11) is -1.68. The van der Waals surface area contributed by atoms with E-state index < -0.39 is 13.9 Å². The van der Waals surface area contributed by atoms with E-state index >= 15 is 0 Å². The summed E-state index contributed by atoms with van der Waals surface area (Å²) in [6, 6.07) is 0. The lowest BCUT2D eigenvalue weighted by molar-refractivity contribution is -0.152. The van der Waals surface area contributed by atoms with E-state index in [9.17, 15) is 4.79 Å². The zero-order chi connectivity index (χ0) is 21.4. The van der Waals surface area contributed by atoms with Crippen LogP contribution in [0.2, 0.25) is 18.1 Å². The largest absolute Gasteiger partial charge is 0.459 e. The van der Waals surface area contributed by atoms with Gasteiger partial charge in [0.25, 0.3) is 0 Å². The SMILES string of the molecule is CC(C)(CC=NCC(=O)OC(C)(C)C)CCOCCO[Si](C)(C)C(C)(C)C. The Hall–Kier alpha value is -0.723. The molecule has 0 spiro atoms. The van der Waals surface area contributed by atoms with E-state index in [2.05, 4.69) is 52.7 Å². The van der Waals surface area contributed by atoms with Gasteiger partial charge in [0.2, 0.25) is 0 Å². The number of rotatable bonds is 11. The first kappa shape index (κ1) is 26.3. The maximum absolute atomic E-state index is 11.6. The van der Waals surface area contributed by atoms with Crippen LogP contribution in [0.3, 0.4) is 0 Å². The van der Waals surface area contributed by atoms with E-state index in [1.807, 2.05) is 27.0 Å². The minimum Gasteiger partial charge on any atom is -0.459 e. The Kier molecular flexibility index (Phi) is 10.4. The average molecular weight is 402 g/mol. The first-order valence-corrected chi connectivity index (χ1v) is 12.9. The fourth-order valence-electron chi connectivity index (χ4n) is 1.95. The minimum absolute atomic E-state index is 0.0780. The molecule has 0 radical (unpaired) electrons. The molecule has 160 valence electrons. The molecule has 0 rings (SSSR count). The zero-order valence-electron chi connectivity index (χ0n) is 19.4. The number of esters is 1. The molecule has 5 nitrogen and oxygen atoms in total. The molecular formula is C21H43NO4Si. The van der Waals surface area contributed by atoms with E-state index in [1.165, 1.54) is 0 Å². The van der Waals surface area contributed by atoms with Gasteiger partial charge in [-0.05, 0) is 63.4 Å². The van der Waals surface area contributed by atoms with Crippen LogP contribution in [0.15, 0.2) is 4.99 Å². The van der Waals surface area contributed by atoms with E-state index in [0.717, 1.165) is 12.8 Å². The Morgan fingerprint density at radius 3 is 2.07 bits per heavy atom. The first-order chi connectivity index (χ1) is 12.1. The Balaban J connectivity index is 3.98. The Labute approximate surface area is 168 Å². The third kappa shape index (κ3) is 13.1. The number of hydrogen-bond donors (Lipinski definition) is 0. The highest BCUT2D eigenvalue weighted by Gasteiger charge is 2.36. The maximum atomic E-state index is 11.6. The van der Waals surface area contributed by atoms with E-state index in [4.69, 9.17) is 13.9 Å². The van der Waals surface area contributed by atoms with Gasteiger partial charge in [-0.2, -0.15) is 0 Å². The molecule has 0 aromatic heterocycles. The summed E-state index contributed by atoms with van der Waals surface area (Å²) in [5.74, 6) is -0.290. The predicted octanol–water partition coefficient (Wildman–Crippen LogP) is 5.24. The van der Waals surface area contributed by atoms with Crippen LogP contribution in [-0.2, 0) is 18.7 Å². The molecule has 6 heteroatoms. The van der Waals surface area contributed by atoms with Crippen molar-refractivity contribution in [3.05, 3.63) is 0 Å². The highest BCUT2D eigenvalue weighted by molar-refractivity contribution is 6.74. The fourth-order valence-corrected chi connectivity index (χ4v) is 2.98. The summed E-state index contributed by atoms with van der Waals surface area (Å²) in [5, 5.41) is 0.230. The first-order valence-electron chi connectivity index (χ1n) is 9.98. The summed E-state index contributed by atoms with van der Waals surface area (Å²) in [6.07, 6.45) is 3.57. The van der Waals surface area contributed by atoms with Crippen molar-refractivity contribution in [1.82, 2.24) is 0 Å². The molecule has 0 N–H and O–H groups in total. The van der Waals surface area contributed by atoms with Crippen LogP contribution < -0.4 is 0 Å². The molecular weight excluding hydrogens is 358 g/mol. The Morgan fingerprint density at radius 1 is 0.963 bits per heavy atom. The number of nitrogens with zero attached hydrogens (tertiary/aromatic N) is 1. The molecule has 0 aromatic rings. The van der Waals surface area contributed by atoms with Crippen LogP contribution in [-0.4, -0.2) is 52.5 Å². The van der Waals surface area contributed by atoms with Gasteiger partial charge in [-0.1, -0.05) is 34.6 Å².